The van der Waals surface area contributed by atoms with E-state index < -0.39 is 24.8 Å². The number of aliphatic hydroxyl groups excluding tert-OH is 2. The predicted octanol–water partition coefficient (Wildman–Crippen LogP) is 2.46. The van der Waals surface area contributed by atoms with Crippen molar-refractivity contribution >= 4 is 12.0 Å². The highest BCUT2D eigenvalue weighted by atomic mass is 16.5. The van der Waals surface area contributed by atoms with Crippen LogP contribution in [0, 0.1) is 0 Å². The first kappa shape index (κ1) is 23.1. The first-order valence-electron chi connectivity index (χ1n) is 9.28. The van der Waals surface area contributed by atoms with Gasteiger partial charge in [0.05, 0.1) is 27.4 Å². The van der Waals surface area contributed by atoms with E-state index in [1.54, 1.807) is 31.2 Å². The standard InChI is InChI=1S/C22H26O8/c1-4-29-21(25)10-6-14-5-9-17(19(11-14)28-3)30-20(13-23)22(26)15-7-8-16(24)18(12-15)27-2/h5-12,20,22-24,26H,4,13H2,1-3H3/b10-6+. The van der Waals surface area contributed by atoms with Gasteiger partial charge in [-0.1, -0.05) is 12.1 Å². The Hall–Kier alpha value is -3.23. The number of phenols is 1. The molecule has 162 valence electrons. The van der Waals surface area contributed by atoms with Crippen LogP contribution in [0.4, 0.5) is 0 Å². The average Bonchev–Trinajstić information content (AvgIpc) is 2.76. The van der Waals surface area contributed by atoms with E-state index in [-0.39, 0.29) is 18.1 Å². The zero-order valence-electron chi connectivity index (χ0n) is 17.1. The molecule has 30 heavy (non-hydrogen) atoms. The first-order valence-corrected chi connectivity index (χ1v) is 9.28. The molecule has 8 nitrogen and oxygen atoms in total. The maximum Gasteiger partial charge on any atom is 0.330 e. The SMILES string of the molecule is CCOC(=O)/C=C/c1ccc(OC(CO)C(O)c2ccc(O)c(OC)c2)c(OC)c1. The average molecular weight is 418 g/mol. The topological polar surface area (TPSA) is 115 Å². The lowest BCUT2D eigenvalue weighted by Crippen LogP contribution is -2.29. The number of aliphatic hydroxyl groups is 2. The Morgan fingerprint density at radius 2 is 1.80 bits per heavy atom. The Bertz CT molecular complexity index is 877. The number of hydrogen-bond acceptors (Lipinski definition) is 8. The summed E-state index contributed by atoms with van der Waals surface area (Å²) in [5.41, 5.74) is 1.08. The van der Waals surface area contributed by atoms with Gasteiger partial charge in [0.25, 0.3) is 0 Å². The number of phenolic OH excluding ortho intramolecular Hbond substituents is 1. The van der Waals surface area contributed by atoms with Gasteiger partial charge in [-0.15, -0.1) is 0 Å². The second-order valence-corrected chi connectivity index (χ2v) is 6.21. The van der Waals surface area contributed by atoms with Gasteiger partial charge in [0.15, 0.2) is 29.1 Å². The van der Waals surface area contributed by atoms with Crippen molar-refractivity contribution < 1.29 is 39.1 Å². The van der Waals surface area contributed by atoms with Crippen molar-refractivity contribution in [3.8, 4) is 23.0 Å². The molecule has 2 unspecified atom stereocenters. The molecule has 0 aromatic heterocycles. The van der Waals surface area contributed by atoms with Crippen LogP contribution in [-0.4, -0.2) is 54.8 Å². The van der Waals surface area contributed by atoms with Gasteiger partial charge in [-0.05, 0) is 48.4 Å². The highest BCUT2D eigenvalue weighted by molar-refractivity contribution is 5.87. The molecule has 2 rings (SSSR count). The summed E-state index contributed by atoms with van der Waals surface area (Å²) < 4.78 is 21.0. The van der Waals surface area contributed by atoms with E-state index in [0.717, 1.165) is 0 Å². The van der Waals surface area contributed by atoms with Crippen molar-refractivity contribution in [2.75, 3.05) is 27.4 Å². The fourth-order valence-electron chi connectivity index (χ4n) is 2.70. The van der Waals surface area contributed by atoms with Gasteiger partial charge in [-0.2, -0.15) is 0 Å². The van der Waals surface area contributed by atoms with Crippen LogP contribution >= 0.6 is 0 Å². The lowest BCUT2D eigenvalue weighted by atomic mass is 10.0. The summed E-state index contributed by atoms with van der Waals surface area (Å²) in [6.07, 6.45) is 0.675. The zero-order chi connectivity index (χ0) is 22.1. The third-order valence-corrected chi connectivity index (χ3v) is 4.24. The van der Waals surface area contributed by atoms with Gasteiger partial charge < -0.3 is 34.3 Å². The minimum absolute atomic E-state index is 0.0666. The third-order valence-electron chi connectivity index (χ3n) is 4.24. The molecule has 0 bridgehead atoms. The second-order valence-electron chi connectivity index (χ2n) is 6.21. The Morgan fingerprint density at radius 1 is 1.07 bits per heavy atom. The van der Waals surface area contributed by atoms with E-state index in [0.29, 0.717) is 22.6 Å². The van der Waals surface area contributed by atoms with E-state index in [2.05, 4.69) is 0 Å². The Labute approximate surface area is 174 Å². The van der Waals surface area contributed by atoms with E-state index >= 15 is 0 Å². The van der Waals surface area contributed by atoms with E-state index in [9.17, 15) is 20.1 Å². The summed E-state index contributed by atoms with van der Waals surface area (Å²) in [6.45, 7) is 1.54. The Morgan fingerprint density at radius 3 is 2.43 bits per heavy atom. The minimum Gasteiger partial charge on any atom is -0.504 e. The fourth-order valence-corrected chi connectivity index (χ4v) is 2.70. The van der Waals surface area contributed by atoms with Crippen LogP contribution in [0.5, 0.6) is 23.0 Å². The van der Waals surface area contributed by atoms with Crippen molar-refractivity contribution in [2.45, 2.75) is 19.1 Å². The van der Waals surface area contributed by atoms with Crippen LogP contribution in [0.25, 0.3) is 6.08 Å². The first-order chi connectivity index (χ1) is 14.4. The van der Waals surface area contributed by atoms with Crippen molar-refractivity contribution in [3.05, 3.63) is 53.6 Å². The molecule has 0 aliphatic rings. The number of benzene rings is 2. The minimum atomic E-state index is -1.20. The highest BCUT2D eigenvalue weighted by Crippen LogP contribution is 2.34. The highest BCUT2D eigenvalue weighted by Gasteiger charge is 2.24. The van der Waals surface area contributed by atoms with Gasteiger partial charge in [0.2, 0.25) is 0 Å². The maximum atomic E-state index is 11.5. The van der Waals surface area contributed by atoms with Gasteiger partial charge in [0.1, 0.15) is 6.10 Å². The Kier molecular flexibility index (Phi) is 8.52. The van der Waals surface area contributed by atoms with Crippen molar-refractivity contribution in [1.29, 1.82) is 0 Å². The van der Waals surface area contributed by atoms with E-state index in [1.165, 1.54) is 38.5 Å². The molecule has 0 aliphatic heterocycles. The number of carbonyl (C=O) groups is 1. The number of methoxy groups -OCH3 is 2. The summed E-state index contributed by atoms with van der Waals surface area (Å²) in [5, 5.41) is 30.1. The molecule has 2 aromatic rings. The molecule has 8 heteroatoms. The van der Waals surface area contributed by atoms with Gasteiger partial charge in [-0.3, -0.25) is 0 Å². The molecular weight excluding hydrogens is 392 g/mol. The molecule has 0 heterocycles. The number of ether oxygens (including phenoxy) is 4. The summed E-state index contributed by atoms with van der Waals surface area (Å²) in [4.78, 5) is 11.5. The monoisotopic (exact) mass is 418 g/mol. The smallest absolute Gasteiger partial charge is 0.330 e. The Balaban J connectivity index is 2.20. The summed E-state index contributed by atoms with van der Waals surface area (Å²) in [5.74, 6) is 0.329. The van der Waals surface area contributed by atoms with Gasteiger partial charge >= 0.3 is 5.97 Å². The van der Waals surface area contributed by atoms with Gasteiger partial charge in [0, 0.05) is 6.08 Å². The molecule has 0 amide bonds. The fraction of sp³-hybridized carbons (Fsp3) is 0.318. The summed E-state index contributed by atoms with van der Waals surface area (Å²) in [7, 11) is 2.85. The number of carbonyl (C=O) groups excluding carboxylic acids is 1. The van der Waals surface area contributed by atoms with E-state index in [1.807, 2.05) is 0 Å². The molecule has 0 fully saturated rings. The second kappa shape index (κ2) is 11.1. The lowest BCUT2D eigenvalue weighted by molar-refractivity contribution is -0.137. The number of aromatic hydroxyl groups is 1. The molecule has 0 aliphatic carbocycles. The van der Waals surface area contributed by atoms with Crippen molar-refractivity contribution in [3.63, 3.8) is 0 Å². The molecular formula is C22H26O8. The molecule has 3 N–H and O–H groups in total. The largest absolute Gasteiger partial charge is 0.504 e. The van der Waals surface area contributed by atoms with Crippen molar-refractivity contribution in [1.82, 2.24) is 0 Å². The zero-order valence-corrected chi connectivity index (χ0v) is 17.1. The van der Waals surface area contributed by atoms with Crippen LogP contribution < -0.4 is 14.2 Å². The maximum absolute atomic E-state index is 11.5. The number of hydrogen-bond donors (Lipinski definition) is 3. The van der Waals surface area contributed by atoms with Crippen LogP contribution in [0.2, 0.25) is 0 Å². The molecule has 0 spiro atoms. The molecule has 0 radical (unpaired) electrons. The van der Waals surface area contributed by atoms with Crippen molar-refractivity contribution in [2.24, 2.45) is 0 Å². The molecule has 2 atom stereocenters. The van der Waals surface area contributed by atoms with E-state index in [4.69, 9.17) is 18.9 Å². The number of esters is 1. The summed E-state index contributed by atoms with van der Waals surface area (Å²) >= 11 is 0. The predicted molar refractivity (Wildman–Crippen MR) is 110 cm³/mol. The summed E-state index contributed by atoms with van der Waals surface area (Å²) in [6, 6.07) is 9.31. The lowest BCUT2D eigenvalue weighted by Gasteiger charge is -2.24. The molecule has 0 saturated heterocycles. The quantitative estimate of drug-likeness (QED) is 0.398. The number of rotatable bonds is 10. The van der Waals surface area contributed by atoms with Crippen LogP contribution in [0.1, 0.15) is 24.2 Å². The van der Waals surface area contributed by atoms with Crippen LogP contribution in [-0.2, 0) is 9.53 Å². The van der Waals surface area contributed by atoms with Crippen LogP contribution in [0.15, 0.2) is 42.5 Å². The molecule has 0 saturated carbocycles. The molecule has 2 aromatic carbocycles. The third kappa shape index (κ3) is 5.88. The van der Waals surface area contributed by atoms with Crippen LogP contribution in [0.3, 0.4) is 0 Å². The normalized spacial score (nSPS) is 13.0. The van der Waals surface area contributed by atoms with Gasteiger partial charge in [-0.25, -0.2) is 4.79 Å².